The SMILES string of the molecule is C#CCOc1cnc(/C(F)=C/c2ccc(F)c([C@@]3(S(C)(=O)=O)C[C@@](C(=O)N4CCOCC4)(S(C)(=O)=O)SC(N)=N3)c2)cn1. The van der Waals surface area contributed by atoms with Crippen molar-refractivity contribution in [2.75, 3.05) is 45.4 Å². The van der Waals surface area contributed by atoms with Crippen LogP contribution in [0.4, 0.5) is 8.78 Å². The highest BCUT2D eigenvalue weighted by molar-refractivity contribution is 8.24. The maximum absolute atomic E-state index is 15.6. The number of carbonyl (C=O) groups excluding carboxylic acids is 1. The summed E-state index contributed by atoms with van der Waals surface area (Å²) in [5.74, 6) is -0.636. The molecule has 43 heavy (non-hydrogen) atoms. The molecule has 3 heterocycles. The molecule has 0 radical (unpaired) electrons. The van der Waals surface area contributed by atoms with Gasteiger partial charge in [-0.2, -0.15) is 0 Å². The number of benzene rings is 1. The Morgan fingerprint density at radius 3 is 2.49 bits per heavy atom. The van der Waals surface area contributed by atoms with Gasteiger partial charge in [0.05, 0.1) is 25.6 Å². The minimum absolute atomic E-state index is 0.0251. The normalized spacial score (nSPS) is 23.3. The van der Waals surface area contributed by atoms with E-state index in [0.29, 0.717) is 11.8 Å². The minimum Gasteiger partial charge on any atom is -0.463 e. The van der Waals surface area contributed by atoms with Crippen LogP contribution >= 0.6 is 11.8 Å². The molecule has 2 aromatic rings. The summed E-state index contributed by atoms with van der Waals surface area (Å²) in [4.78, 5) is 24.3. The van der Waals surface area contributed by atoms with E-state index in [2.05, 4.69) is 20.9 Å². The average Bonchev–Trinajstić information content (AvgIpc) is 2.95. The molecule has 1 fully saturated rings. The number of aliphatic imine (C=N–C) groups is 1. The van der Waals surface area contributed by atoms with Crippen LogP contribution in [-0.4, -0.2) is 92.3 Å². The van der Waals surface area contributed by atoms with Crippen molar-refractivity contribution >= 4 is 54.4 Å². The van der Waals surface area contributed by atoms with Crippen molar-refractivity contribution in [1.29, 1.82) is 0 Å². The van der Waals surface area contributed by atoms with Gasteiger partial charge in [-0.3, -0.25) is 4.79 Å². The van der Waals surface area contributed by atoms with Gasteiger partial charge in [-0.1, -0.05) is 23.7 Å². The molecule has 0 unspecified atom stereocenters. The molecule has 230 valence electrons. The summed E-state index contributed by atoms with van der Waals surface area (Å²) >= 11 is 0.392. The molecule has 17 heteroatoms. The molecule has 4 rings (SSSR count). The second kappa shape index (κ2) is 12.2. The van der Waals surface area contributed by atoms with E-state index >= 15 is 8.78 Å². The van der Waals surface area contributed by atoms with Crippen LogP contribution in [0.5, 0.6) is 5.88 Å². The molecule has 12 nitrogen and oxygen atoms in total. The van der Waals surface area contributed by atoms with E-state index in [4.69, 9.17) is 21.6 Å². The van der Waals surface area contributed by atoms with E-state index in [-0.39, 0.29) is 50.0 Å². The van der Waals surface area contributed by atoms with Gasteiger partial charge in [0.15, 0.2) is 42.1 Å². The third-order valence-electron chi connectivity index (χ3n) is 6.75. The molecule has 0 saturated carbocycles. The van der Waals surface area contributed by atoms with Crippen LogP contribution < -0.4 is 10.5 Å². The van der Waals surface area contributed by atoms with E-state index in [1.165, 1.54) is 11.0 Å². The predicted octanol–water partition coefficient (Wildman–Crippen LogP) is 1.34. The van der Waals surface area contributed by atoms with Crippen molar-refractivity contribution in [3.63, 3.8) is 0 Å². The van der Waals surface area contributed by atoms with Crippen LogP contribution in [0.3, 0.4) is 0 Å². The van der Waals surface area contributed by atoms with Crippen molar-refractivity contribution in [3.8, 4) is 18.2 Å². The number of nitrogens with two attached hydrogens (primary N) is 1. The van der Waals surface area contributed by atoms with Crippen molar-refractivity contribution in [3.05, 3.63) is 53.2 Å². The Bertz CT molecular complexity index is 1740. The molecule has 0 spiro atoms. The van der Waals surface area contributed by atoms with Crippen molar-refractivity contribution in [2.24, 2.45) is 10.7 Å². The minimum atomic E-state index is -4.55. The van der Waals surface area contributed by atoms with Gasteiger partial charge in [-0.25, -0.2) is 40.6 Å². The fraction of sp³-hybridized carbons (Fsp3) is 0.385. The Hall–Kier alpha value is -3.59. The summed E-state index contributed by atoms with van der Waals surface area (Å²) in [6, 6.07) is 3.05. The van der Waals surface area contributed by atoms with E-state index in [1.807, 2.05) is 0 Å². The number of nitrogens with zero attached hydrogens (tertiary/aromatic N) is 4. The summed E-state index contributed by atoms with van der Waals surface area (Å²) < 4.78 is 92.2. The Labute approximate surface area is 251 Å². The van der Waals surface area contributed by atoms with E-state index < -0.39 is 63.3 Å². The first-order valence-corrected chi connectivity index (χ1v) is 17.1. The van der Waals surface area contributed by atoms with Crippen molar-refractivity contribution in [2.45, 2.75) is 15.4 Å². The molecule has 1 aromatic heterocycles. The van der Waals surface area contributed by atoms with E-state index in [0.717, 1.165) is 43.1 Å². The molecule has 1 aromatic carbocycles. The van der Waals surface area contributed by atoms with Gasteiger partial charge < -0.3 is 20.1 Å². The summed E-state index contributed by atoms with van der Waals surface area (Å²) in [6.45, 7) is 0.297. The first kappa shape index (κ1) is 32.3. The number of sulfone groups is 2. The number of halogens is 2. The van der Waals surface area contributed by atoms with Crippen LogP contribution in [-0.2, 0) is 34.1 Å². The second-order valence-corrected chi connectivity index (χ2v) is 15.7. The smallest absolute Gasteiger partial charge is 0.255 e. The monoisotopic (exact) mass is 655 g/mol. The molecule has 2 aliphatic rings. The number of carbonyl (C=O) groups is 1. The standard InChI is InChI=1S/C26H27F2N5O7S3/c1-4-9-40-22-15-30-21(14-31-22)20(28)13-17-5-6-19(27)18(12-17)25(42(2,35)36)16-26(43(3,37)38,41-24(29)32-25)23(34)33-7-10-39-11-8-33/h1,5-6,12-15H,7-11,16H2,2-3H3,(H2,29,32)/b20-13-/t25-,26-/m0/s1. The molecular weight excluding hydrogens is 629 g/mol. The molecule has 1 amide bonds. The number of morpholine rings is 1. The maximum atomic E-state index is 15.6. The molecule has 1 saturated heterocycles. The van der Waals surface area contributed by atoms with Crippen molar-refractivity contribution in [1.82, 2.24) is 14.9 Å². The summed E-state index contributed by atoms with van der Waals surface area (Å²) in [7, 11) is -8.97. The molecule has 2 atom stereocenters. The van der Waals surface area contributed by atoms with Gasteiger partial charge in [0, 0.05) is 37.6 Å². The lowest BCUT2D eigenvalue weighted by Gasteiger charge is -2.44. The highest BCUT2D eigenvalue weighted by atomic mass is 32.3. The Morgan fingerprint density at radius 1 is 1.21 bits per heavy atom. The number of hydrogen-bond acceptors (Lipinski definition) is 12. The summed E-state index contributed by atoms with van der Waals surface area (Å²) in [5, 5.41) is -0.558. The van der Waals surface area contributed by atoms with E-state index in [9.17, 15) is 21.6 Å². The van der Waals surface area contributed by atoms with E-state index in [1.54, 1.807) is 0 Å². The summed E-state index contributed by atoms with van der Waals surface area (Å²) in [5.41, 5.74) is 5.16. The van der Waals surface area contributed by atoms with Gasteiger partial charge >= 0.3 is 0 Å². The molecule has 2 N–H and O–H groups in total. The number of aromatic nitrogens is 2. The Kier molecular flexibility index (Phi) is 9.16. The fourth-order valence-electron chi connectivity index (χ4n) is 4.60. The van der Waals surface area contributed by atoms with Crippen molar-refractivity contribution < 1.29 is 39.9 Å². The highest BCUT2D eigenvalue weighted by Gasteiger charge is 2.63. The Morgan fingerprint density at radius 2 is 1.91 bits per heavy atom. The zero-order valence-electron chi connectivity index (χ0n) is 23.0. The van der Waals surface area contributed by atoms with Crippen LogP contribution in [0.25, 0.3) is 11.9 Å². The predicted molar refractivity (Wildman–Crippen MR) is 157 cm³/mol. The van der Waals surface area contributed by atoms with Gasteiger partial charge in [-0.05, 0) is 23.8 Å². The molecule has 0 aliphatic carbocycles. The number of hydrogen-bond donors (Lipinski definition) is 1. The lowest BCUT2D eigenvalue weighted by Crippen LogP contribution is -2.60. The lowest BCUT2D eigenvalue weighted by atomic mass is 9.97. The van der Waals surface area contributed by atoms with Gasteiger partial charge in [-0.15, -0.1) is 6.42 Å². The number of rotatable bonds is 8. The number of amides is 1. The zero-order chi connectivity index (χ0) is 31.6. The third-order valence-corrected chi connectivity index (χ3v) is 12.1. The van der Waals surface area contributed by atoms with Gasteiger partial charge in [0.1, 0.15) is 11.5 Å². The van der Waals surface area contributed by atoms with Crippen LogP contribution in [0.1, 0.15) is 23.2 Å². The first-order valence-electron chi connectivity index (χ1n) is 12.5. The number of amidine groups is 1. The number of thioether (sulfide) groups is 1. The Balaban J connectivity index is 1.84. The number of ether oxygens (including phenoxy) is 2. The largest absolute Gasteiger partial charge is 0.463 e. The van der Waals surface area contributed by atoms with Gasteiger partial charge in [0.2, 0.25) is 9.96 Å². The zero-order valence-corrected chi connectivity index (χ0v) is 25.4. The maximum Gasteiger partial charge on any atom is 0.255 e. The summed E-state index contributed by atoms with van der Waals surface area (Å²) in [6.07, 6.45) is 8.79. The third kappa shape index (κ3) is 6.37. The quantitative estimate of drug-likeness (QED) is 0.407. The van der Waals surface area contributed by atoms with Crippen LogP contribution in [0.15, 0.2) is 35.6 Å². The van der Waals surface area contributed by atoms with Gasteiger partial charge in [0.25, 0.3) is 5.91 Å². The average molecular weight is 656 g/mol. The first-order chi connectivity index (χ1) is 20.1. The molecular formula is C26H27F2N5O7S3. The fourth-order valence-corrected chi connectivity index (χ4v) is 8.96. The number of terminal acetylenes is 1. The van der Waals surface area contributed by atoms with Crippen LogP contribution in [0.2, 0.25) is 0 Å². The second-order valence-electron chi connectivity index (χ2n) is 9.68. The molecule has 2 aliphatic heterocycles. The highest BCUT2D eigenvalue weighted by Crippen LogP contribution is 2.52. The van der Waals surface area contributed by atoms with Crippen LogP contribution in [0, 0.1) is 18.2 Å². The molecule has 0 bridgehead atoms. The topological polar surface area (TPSA) is 171 Å². The lowest BCUT2D eigenvalue weighted by molar-refractivity contribution is -0.136.